The van der Waals surface area contributed by atoms with Crippen molar-refractivity contribution in [2.75, 3.05) is 12.3 Å². The maximum absolute atomic E-state index is 5.89. The van der Waals surface area contributed by atoms with Crippen molar-refractivity contribution >= 4 is 28.4 Å². The number of hydrogen-bond acceptors (Lipinski definition) is 6. The molecule has 0 aliphatic carbocycles. The second-order valence-corrected chi connectivity index (χ2v) is 9.51. The van der Waals surface area contributed by atoms with Gasteiger partial charge in [0.2, 0.25) is 0 Å². The fraction of sp³-hybridized carbons (Fsp3) is 0.333. The van der Waals surface area contributed by atoms with Crippen molar-refractivity contribution in [1.82, 2.24) is 0 Å². The summed E-state index contributed by atoms with van der Waals surface area (Å²) in [5, 5.41) is 17.0. The van der Waals surface area contributed by atoms with Crippen molar-refractivity contribution in [1.29, 1.82) is 0 Å². The van der Waals surface area contributed by atoms with E-state index in [1.54, 1.807) is 12.1 Å². The van der Waals surface area contributed by atoms with Gasteiger partial charge in [-0.3, -0.25) is 0 Å². The lowest BCUT2D eigenvalue weighted by Gasteiger charge is -2.23. The minimum atomic E-state index is 0.355. The minimum absolute atomic E-state index is 0.355. The Bertz CT molecular complexity index is 1050. The van der Waals surface area contributed by atoms with Gasteiger partial charge >= 0.3 is 0 Å². The first kappa shape index (κ1) is 24.1. The SMILES string of the molecule is CC(CCOc1ccc(/N=N/c2ccc(/N=N/c3ccc(N)cc3)cc2)cc1)CC(C)(C)C. The van der Waals surface area contributed by atoms with Crippen LogP contribution in [0.5, 0.6) is 5.75 Å². The molecule has 0 saturated heterocycles. The molecule has 3 aromatic rings. The van der Waals surface area contributed by atoms with Crippen LogP contribution in [-0.4, -0.2) is 6.61 Å². The fourth-order valence-electron chi connectivity index (χ4n) is 3.49. The zero-order valence-corrected chi connectivity index (χ0v) is 19.9. The number of nitrogens with zero attached hydrogens (tertiary/aromatic N) is 4. The predicted octanol–water partition coefficient (Wildman–Crippen LogP) is 8.94. The molecule has 6 nitrogen and oxygen atoms in total. The number of nitrogens with two attached hydrogens (primary N) is 1. The number of benzene rings is 3. The second kappa shape index (κ2) is 11.4. The van der Waals surface area contributed by atoms with Crippen molar-refractivity contribution in [2.45, 2.75) is 40.5 Å². The van der Waals surface area contributed by atoms with Gasteiger partial charge in [-0.15, -0.1) is 0 Å². The lowest BCUT2D eigenvalue weighted by molar-refractivity contribution is 0.240. The second-order valence-electron chi connectivity index (χ2n) is 9.51. The summed E-state index contributed by atoms with van der Waals surface area (Å²) in [6.45, 7) is 9.84. The average molecular weight is 444 g/mol. The molecule has 0 fully saturated rings. The molecule has 172 valence electrons. The number of ether oxygens (including phenoxy) is 1. The van der Waals surface area contributed by atoms with Crippen LogP contribution in [0.2, 0.25) is 0 Å². The molecular formula is C27H33N5O. The van der Waals surface area contributed by atoms with Crippen LogP contribution in [0.1, 0.15) is 40.5 Å². The maximum Gasteiger partial charge on any atom is 0.119 e. The molecule has 3 aromatic carbocycles. The van der Waals surface area contributed by atoms with Gasteiger partial charge in [0.15, 0.2) is 0 Å². The summed E-state index contributed by atoms with van der Waals surface area (Å²) in [7, 11) is 0. The van der Waals surface area contributed by atoms with Gasteiger partial charge in [0.1, 0.15) is 5.75 Å². The molecule has 0 radical (unpaired) electrons. The standard InChI is InChI=1S/C27H33N5O/c1-20(19-27(2,3)4)17-18-33-26-15-13-25(14-16-26)32-31-24-11-9-23(10-12-24)30-29-22-7-5-21(28)6-8-22/h5-16,20H,17-19,28H2,1-4H3/b30-29+,32-31+. The number of anilines is 1. The van der Waals surface area contributed by atoms with Gasteiger partial charge in [0.05, 0.1) is 29.4 Å². The van der Waals surface area contributed by atoms with Gasteiger partial charge in [0, 0.05) is 5.69 Å². The Morgan fingerprint density at radius 3 is 1.52 bits per heavy atom. The van der Waals surface area contributed by atoms with Crippen LogP contribution in [0.25, 0.3) is 0 Å². The van der Waals surface area contributed by atoms with E-state index in [4.69, 9.17) is 10.5 Å². The van der Waals surface area contributed by atoms with Gasteiger partial charge in [-0.1, -0.05) is 27.7 Å². The smallest absolute Gasteiger partial charge is 0.119 e. The van der Waals surface area contributed by atoms with E-state index < -0.39 is 0 Å². The van der Waals surface area contributed by atoms with E-state index in [9.17, 15) is 0 Å². The number of azo groups is 2. The lowest BCUT2D eigenvalue weighted by atomic mass is 9.84. The Morgan fingerprint density at radius 1 is 0.697 bits per heavy atom. The summed E-state index contributed by atoms with van der Waals surface area (Å²) in [6.07, 6.45) is 2.25. The van der Waals surface area contributed by atoms with Crippen molar-refractivity contribution < 1.29 is 4.74 Å². The van der Waals surface area contributed by atoms with Crippen molar-refractivity contribution in [3.05, 3.63) is 72.8 Å². The van der Waals surface area contributed by atoms with Crippen LogP contribution >= 0.6 is 0 Å². The molecule has 6 heteroatoms. The van der Waals surface area contributed by atoms with Crippen molar-refractivity contribution in [3.63, 3.8) is 0 Å². The zero-order chi connectivity index (χ0) is 23.7. The molecule has 2 N–H and O–H groups in total. The third kappa shape index (κ3) is 8.85. The van der Waals surface area contributed by atoms with Gasteiger partial charge in [0.25, 0.3) is 0 Å². The number of hydrogen-bond donors (Lipinski definition) is 1. The highest BCUT2D eigenvalue weighted by molar-refractivity contribution is 5.50. The Kier molecular flexibility index (Phi) is 8.30. The van der Waals surface area contributed by atoms with E-state index in [0.717, 1.165) is 41.5 Å². The Hall–Kier alpha value is -3.54. The third-order valence-electron chi connectivity index (χ3n) is 4.98. The van der Waals surface area contributed by atoms with Crippen LogP contribution in [-0.2, 0) is 0 Å². The number of nitrogen functional groups attached to an aromatic ring is 1. The maximum atomic E-state index is 5.89. The highest BCUT2D eigenvalue weighted by atomic mass is 16.5. The average Bonchev–Trinajstić information content (AvgIpc) is 2.78. The quantitative estimate of drug-likeness (QED) is 0.264. The summed E-state index contributed by atoms with van der Waals surface area (Å²) in [6, 6.07) is 22.4. The first-order valence-corrected chi connectivity index (χ1v) is 11.3. The monoisotopic (exact) mass is 443 g/mol. The lowest BCUT2D eigenvalue weighted by Crippen LogP contribution is -2.13. The van der Waals surface area contributed by atoms with E-state index in [2.05, 4.69) is 48.2 Å². The van der Waals surface area contributed by atoms with Gasteiger partial charge in [-0.25, -0.2) is 0 Å². The van der Waals surface area contributed by atoms with Crippen LogP contribution in [0.3, 0.4) is 0 Å². The van der Waals surface area contributed by atoms with E-state index in [1.807, 2.05) is 60.7 Å². The zero-order valence-electron chi connectivity index (χ0n) is 19.9. The molecule has 1 atom stereocenters. The van der Waals surface area contributed by atoms with Gasteiger partial charge in [-0.05, 0) is 97.0 Å². The summed E-state index contributed by atoms with van der Waals surface area (Å²) >= 11 is 0. The normalized spacial score (nSPS) is 13.0. The molecular weight excluding hydrogens is 410 g/mol. The molecule has 0 spiro atoms. The van der Waals surface area contributed by atoms with E-state index in [1.165, 1.54) is 6.42 Å². The largest absolute Gasteiger partial charge is 0.494 e. The van der Waals surface area contributed by atoms with Crippen molar-refractivity contribution in [2.24, 2.45) is 31.8 Å². The highest BCUT2D eigenvalue weighted by Crippen LogP contribution is 2.27. The predicted molar refractivity (Wildman–Crippen MR) is 135 cm³/mol. The van der Waals surface area contributed by atoms with E-state index in [0.29, 0.717) is 17.0 Å². The molecule has 0 heterocycles. The molecule has 0 saturated carbocycles. The number of rotatable bonds is 9. The van der Waals surface area contributed by atoms with Crippen molar-refractivity contribution in [3.8, 4) is 5.75 Å². The fourth-order valence-corrected chi connectivity index (χ4v) is 3.49. The molecule has 0 aliphatic rings. The summed E-state index contributed by atoms with van der Waals surface area (Å²) in [5.74, 6) is 1.50. The minimum Gasteiger partial charge on any atom is -0.494 e. The molecule has 1 unspecified atom stereocenters. The molecule has 3 rings (SSSR count). The van der Waals surface area contributed by atoms with Crippen LogP contribution < -0.4 is 10.5 Å². The van der Waals surface area contributed by atoms with Crippen LogP contribution in [0.4, 0.5) is 28.4 Å². The Balaban J connectivity index is 1.48. The third-order valence-corrected chi connectivity index (χ3v) is 4.98. The first-order chi connectivity index (χ1) is 15.8. The van der Waals surface area contributed by atoms with E-state index in [-0.39, 0.29) is 0 Å². The van der Waals surface area contributed by atoms with Gasteiger partial charge < -0.3 is 10.5 Å². The topological polar surface area (TPSA) is 84.7 Å². The summed E-state index contributed by atoms with van der Waals surface area (Å²) in [4.78, 5) is 0. The Morgan fingerprint density at radius 2 is 1.09 bits per heavy atom. The van der Waals surface area contributed by atoms with Crippen LogP contribution in [0, 0.1) is 11.3 Å². The molecule has 0 aromatic heterocycles. The molecule has 0 bridgehead atoms. The van der Waals surface area contributed by atoms with Crippen LogP contribution in [0.15, 0.2) is 93.3 Å². The van der Waals surface area contributed by atoms with E-state index >= 15 is 0 Å². The molecule has 0 aliphatic heterocycles. The summed E-state index contributed by atoms with van der Waals surface area (Å²) < 4.78 is 5.89. The van der Waals surface area contributed by atoms with Gasteiger partial charge in [-0.2, -0.15) is 20.5 Å². The summed E-state index contributed by atoms with van der Waals surface area (Å²) in [5.41, 5.74) is 9.74. The molecule has 33 heavy (non-hydrogen) atoms. The molecule has 0 amide bonds. The highest BCUT2D eigenvalue weighted by Gasteiger charge is 2.15. The first-order valence-electron chi connectivity index (χ1n) is 11.3. The Labute approximate surface area is 196 Å².